The summed E-state index contributed by atoms with van der Waals surface area (Å²) in [6.45, 7) is 6.76. The SMILES string of the molecule is Cc1ccc(NC(=O)C2CCCN(Cc3cccc(Cl)c3)C2)c(C)c1. The highest BCUT2D eigenvalue weighted by Gasteiger charge is 2.26. The second-order valence-electron chi connectivity index (χ2n) is 7.01. The maximum Gasteiger partial charge on any atom is 0.228 e. The van der Waals surface area contributed by atoms with Crippen molar-refractivity contribution in [2.45, 2.75) is 33.2 Å². The zero-order valence-electron chi connectivity index (χ0n) is 14.9. The quantitative estimate of drug-likeness (QED) is 0.852. The highest BCUT2D eigenvalue weighted by atomic mass is 35.5. The molecule has 1 N–H and O–H groups in total. The van der Waals surface area contributed by atoms with Gasteiger partial charge in [-0.3, -0.25) is 9.69 Å². The normalized spacial score (nSPS) is 18.1. The molecule has 1 saturated heterocycles. The number of piperidine rings is 1. The maximum atomic E-state index is 12.7. The van der Waals surface area contributed by atoms with Gasteiger partial charge in [-0.25, -0.2) is 0 Å². The van der Waals surface area contributed by atoms with Gasteiger partial charge in [-0.05, 0) is 62.6 Å². The summed E-state index contributed by atoms with van der Waals surface area (Å²) in [6.07, 6.45) is 1.99. The average Bonchev–Trinajstić information content (AvgIpc) is 2.57. The van der Waals surface area contributed by atoms with Crippen molar-refractivity contribution in [2.24, 2.45) is 5.92 Å². The predicted molar refractivity (Wildman–Crippen MR) is 104 cm³/mol. The van der Waals surface area contributed by atoms with Crippen molar-refractivity contribution in [2.75, 3.05) is 18.4 Å². The summed E-state index contributed by atoms with van der Waals surface area (Å²) in [5.74, 6) is 0.163. The Hall–Kier alpha value is -1.84. The van der Waals surface area contributed by atoms with Crippen molar-refractivity contribution in [3.05, 3.63) is 64.2 Å². The van der Waals surface area contributed by atoms with Gasteiger partial charge in [0.2, 0.25) is 5.91 Å². The molecule has 1 fully saturated rings. The fraction of sp³-hybridized carbons (Fsp3) is 0.381. The van der Waals surface area contributed by atoms with Gasteiger partial charge < -0.3 is 5.32 Å². The topological polar surface area (TPSA) is 32.3 Å². The molecule has 132 valence electrons. The standard InChI is InChI=1S/C21H25ClN2O/c1-15-8-9-20(16(2)11-15)23-21(25)18-6-4-10-24(14-18)13-17-5-3-7-19(22)12-17/h3,5,7-9,11-12,18H,4,6,10,13-14H2,1-2H3,(H,23,25). The number of likely N-dealkylation sites (tertiary alicyclic amines) is 1. The number of aryl methyl sites for hydroxylation is 2. The molecule has 1 aliphatic rings. The van der Waals surface area contributed by atoms with E-state index in [1.165, 1.54) is 11.1 Å². The molecular formula is C21H25ClN2O. The molecular weight excluding hydrogens is 332 g/mol. The van der Waals surface area contributed by atoms with Crippen LogP contribution in [0, 0.1) is 19.8 Å². The van der Waals surface area contributed by atoms with Crippen LogP contribution in [0.5, 0.6) is 0 Å². The van der Waals surface area contributed by atoms with E-state index in [-0.39, 0.29) is 11.8 Å². The fourth-order valence-electron chi connectivity index (χ4n) is 3.50. The summed E-state index contributed by atoms with van der Waals surface area (Å²) in [6, 6.07) is 14.1. The molecule has 3 nitrogen and oxygen atoms in total. The number of hydrogen-bond donors (Lipinski definition) is 1. The highest BCUT2D eigenvalue weighted by molar-refractivity contribution is 6.30. The van der Waals surface area contributed by atoms with Crippen LogP contribution in [0.4, 0.5) is 5.69 Å². The summed E-state index contributed by atoms with van der Waals surface area (Å²) in [5, 5.41) is 3.88. The minimum Gasteiger partial charge on any atom is -0.326 e. The highest BCUT2D eigenvalue weighted by Crippen LogP contribution is 2.23. The van der Waals surface area contributed by atoms with Crippen LogP contribution in [0.3, 0.4) is 0 Å². The lowest BCUT2D eigenvalue weighted by Gasteiger charge is -2.32. The van der Waals surface area contributed by atoms with Gasteiger partial charge in [-0.15, -0.1) is 0 Å². The van der Waals surface area contributed by atoms with E-state index in [0.717, 1.165) is 48.7 Å². The molecule has 2 aromatic carbocycles. The lowest BCUT2D eigenvalue weighted by Crippen LogP contribution is -2.40. The molecule has 0 bridgehead atoms. The summed E-state index contributed by atoms with van der Waals surface area (Å²) >= 11 is 6.08. The van der Waals surface area contributed by atoms with Crippen LogP contribution in [-0.4, -0.2) is 23.9 Å². The summed E-state index contributed by atoms with van der Waals surface area (Å²) in [7, 11) is 0. The van der Waals surface area contributed by atoms with Crippen molar-refractivity contribution < 1.29 is 4.79 Å². The van der Waals surface area contributed by atoms with Crippen molar-refractivity contribution in [1.82, 2.24) is 4.90 Å². The van der Waals surface area contributed by atoms with Crippen LogP contribution < -0.4 is 5.32 Å². The molecule has 1 amide bonds. The molecule has 1 atom stereocenters. The molecule has 2 aromatic rings. The Labute approximate surface area is 155 Å². The molecule has 0 saturated carbocycles. The smallest absolute Gasteiger partial charge is 0.228 e. The van der Waals surface area contributed by atoms with Crippen LogP contribution in [0.25, 0.3) is 0 Å². The summed E-state index contributed by atoms with van der Waals surface area (Å²) in [5.41, 5.74) is 4.44. The van der Waals surface area contributed by atoms with Gasteiger partial charge in [0.25, 0.3) is 0 Å². The summed E-state index contributed by atoms with van der Waals surface area (Å²) in [4.78, 5) is 15.0. The third-order valence-electron chi connectivity index (χ3n) is 4.81. The van der Waals surface area contributed by atoms with E-state index in [1.807, 2.05) is 37.3 Å². The minimum absolute atomic E-state index is 0.0358. The Balaban J connectivity index is 1.61. The largest absolute Gasteiger partial charge is 0.326 e. The second kappa shape index (κ2) is 8.03. The number of carbonyl (C=O) groups is 1. The number of benzene rings is 2. The van der Waals surface area contributed by atoms with Gasteiger partial charge in [-0.1, -0.05) is 41.4 Å². The van der Waals surface area contributed by atoms with Crippen molar-refractivity contribution in [3.8, 4) is 0 Å². The third kappa shape index (κ3) is 4.83. The lowest BCUT2D eigenvalue weighted by atomic mass is 9.96. The van der Waals surface area contributed by atoms with Crippen LogP contribution in [0.15, 0.2) is 42.5 Å². The summed E-state index contributed by atoms with van der Waals surface area (Å²) < 4.78 is 0. The molecule has 4 heteroatoms. The molecule has 0 radical (unpaired) electrons. The van der Waals surface area contributed by atoms with Gasteiger partial charge in [0.05, 0.1) is 5.92 Å². The number of nitrogens with zero attached hydrogens (tertiary/aromatic N) is 1. The molecule has 1 heterocycles. The second-order valence-corrected chi connectivity index (χ2v) is 7.45. The zero-order valence-corrected chi connectivity index (χ0v) is 15.6. The Morgan fingerprint density at radius 3 is 2.84 bits per heavy atom. The first kappa shape index (κ1) is 18.0. The van der Waals surface area contributed by atoms with Gasteiger partial charge in [0, 0.05) is 23.8 Å². The van der Waals surface area contributed by atoms with Gasteiger partial charge in [-0.2, -0.15) is 0 Å². The Morgan fingerprint density at radius 1 is 1.24 bits per heavy atom. The van der Waals surface area contributed by atoms with Crippen molar-refractivity contribution in [3.63, 3.8) is 0 Å². The molecule has 0 spiro atoms. The van der Waals surface area contributed by atoms with E-state index in [0.29, 0.717) is 0 Å². The van der Waals surface area contributed by atoms with Crippen molar-refractivity contribution >= 4 is 23.2 Å². The third-order valence-corrected chi connectivity index (χ3v) is 5.05. The first-order chi connectivity index (χ1) is 12.0. The first-order valence-electron chi connectivity index (χ1n) is 8.86. The minimum atomic E-state index is 0.0358. The number of hydrogen-bond acceptors (Lipinski definition) is 2. The van der Waals surface area contributed by atoms with Gasteiger partial charge in [0.1, 0.15) is 0 Å². The maximum absolute atomic E-state index is 12.7. The van der Waals surface area contributed by atoms with E-state index in [4.69, 9.17) is 11.6 Å². The van der Waals surface area contributed by atoms with E-state index in [2.05, 4.69) is 29.3 Å². The van der Waals surface area contributed by atoms with Gasteiger partial charge in [0.15, 0.2) is 0 Å². The zero-order chi connectivity index (χ0) is 17.8. The van der Waals surface area contributed by atoms with E-state index >= 15 is 0 Å². The molecule has 0 aromatic heterocycles. The molecule has 1 unspecified atom stereocenters. The number of nitrogens with one attached hydrogen (secondary N) is 1. The molecule has 3 rings (SSSR count). The number of rotatable bonds is 4. The number of halogens is 1. The predicted octanol–water partition coefficient (Wildman–Crippen LogP) is 4.81. The Bertz CT molecular complexity index is 759. The van der Waals surface area contributed by atoms with E-state index in [9.17, 15) is 4.79 Å². The number of carbonyl (C=O) groups excluding carboxylic acids is 1. The van der Waals surface area contributed by atoms with Gasteiger partial charge >= 0.3 is 0 Å². The first-order valence-corrected chi connectivity index (χ1v) is 9.24. The molecule has 1 aliphatic heterocycles. The van der Waals surface area contributed by atoms with Crippen LogP contribution in [-0.2, 0) is 11.3 Å². The van der Waals surface area contributed by atoms with Crippen LogP contribution >= 0.6 is 11.6 Å². The number of anilines is 1. The van der Waals surface area contributed by atoms with Crippen molar-refractivity contribution in [1.29, 1.82) is 0 Å². The average molecular weight is 357 g/mol. The van der Waals surface area contributed by atoms with E-state index in [1.54, 1.807) is 0 Å². The lowest BCUT2D eigenvalue weighted by molar-refractivity contribution is -0.121. The van der Waals surface area contributed by atoms with Crippen LogP contribution in [0.2, 0.25) is 5.02 Å². The van der Waals surface area contributed by atoms with E-state index < -0.39 is 0 Å². The molecule has 0 aliphatic carbocycles. The monoisotopic (exact) mass is 356 g/mol. The van der Waals surface area contributed by atoms with Crippen LogP contribution in [0.1, 0.15) is 29.5 Å². The Morgan fingerprint density at radius 2 is 2.08 bits per heavy atom. The molecule has 25 heavy (non-hydrogen) atoms. The fourth-order valence-corrected chi connectivity index (χ4v) is 3.71. The number of amides is 1. The Kier molecular flexibility index (Phi) is 5.77.